The SMILES string of the molecule is CCOCCCNC(=NCC1CCCCO1)NCCn1cnnc1CC.I. The minimum absolute atomic E-state index is 0. The molecule has 1 aromatic rings. The summed E-state index contributed by atoms with van der Waals surface area (Å²) in [5.41, 5.74) is 0. The smallest absolute Gasteiger partial charge is 0.191 e. The van der Waals surface area contributed by atoms with Crippen molar-refractivity contribution in [3.63, 3.8) is 0 Å². The second-order valence-electron chi connectivity index (χ2n) is 6.38. The number of guanidine groups is 1. The second kappa shape index (κ2) is 15.0. The fourth-order valence-corrected chi connectivity index (χ4v) is 2.88. The van der Waals surface area contributed by atoms with Gasteiger partial charge < -0.3 is 24.7 Å². The first-order valence-electron chi connectivity index (χ1n) is 9.91. The zero-order valence-corrected chi connectivity index (χ0v) is 19.0. The topological polar surface area (TPSA) is 85.6 Å². The van der Waals surface area contributed by atoms with Crippen molar-refractivity contribution in [3.05, 3.63) is 12.2 Å². The van der Waals surface area contributed by atoms with Crippen LogP contribution in [0.25, 0.3) is 0 Å². The van der Waals surface area contributed by atoms with Gasteiger partial charge in [-0.25, -0.2) is 0 Å². The van der Waals surface area contributed by atoms with Gasteiger partial charge in [0.2, 0.25) is 0 Å². The Labute approximate surface area is 179 Å². The molecule has 2 N–H and O–H groups in total. The maximum atomic E-state index is 5.78. The van der Waals surface area contributed by atoms with Crippen LogP contribution < -0.4 is 10.6 Å². The Hall–Kier alpha value is -0.940. The number of rotatable bonds is 11. The maximum absolute atomic E-state index is 5.78. The fraction of sp³-hybridized carbons (Fsp3) is 0.833. The van der Waals surface area contributed by atoms with Gasteiger partial charge >= 0.3 is 0 Å². The molecule has 0 radical (unpaired) electrons. The van der Waals surface area contributed by atoms with Crippen molar-refractivity contribution in [1.82, 2.24) is 25.4 Å². The van der Waals surface area contributed by atoms with Crippen molar-refractivity contribution >= 4 is 29.9 Å². The lowest BCUT2D eigenvalue weighted by Gasteiger charge is -2.21. The number of aliphatic imine (C=N–C) groups is 1. The summed E-state index contributed by atoms with van der Waals surface area (Å²) < 4.78 is 13.2. The lowest BCUT2D eigenvalue weighted by atomic mass is 10.1. The van der Waals surface area contributed by atoms with E-state index in [0.29, 0.717) is 6.54 Å². The lowest BCUT2D eigenvalue weighted by molar-refractivity contribution is 0.0224. The highest BCUT2D eigenvalue weighted by Gasteiger charge is 2.13. The summed E-state index contributed by atoms with van der Waals surface area (Å²) in [6.07, 6.45) is 7.37. The number of hydrogen-bond acceptors (Lipinski definition) is 5. The number of nitrogens with zero attached hydrogens (tertiary/aromatic N) is 4. The Balaban J connectivity index is 0.00000364. The predicted octanol–water partition coefficient (Wildman–Crippen LogP) is 1.99. The van der Waals surface area contributed by atoms with Crippen LogP contribution in [-0.4, -0.2) is 66.3 Å². The molecule has 1 unspecified atom stereocenters. The average molecular weight is 494 g/mol. The summed E-state index contributed by atoms with van der Waals surface area (Å²) in [5.74, 6) is 1.84. The number of aryl methyl sites for hydroxylation is 1. The predicted molar refractivity (Wildman–Crippen MR) is 118 cm³/mol. The van der Waals surface area contributed by atoms with Crippen LogP contribution in [-0.2, 0) is 22.4 Å². The molecule has 0 spiro atoms. The molecular formula is C18H35IN6O2. The Morgan fingerprint density at radius 1 is 1.33 bits per heavy atom. The highest BCUT2D eigenvalue weighted by molar-refractivity contribution is 14.0. The van der Waals surface area contributed by atoms with Gasteiger partial charge in [0.05, 0.1) is 12.6 Å². The van der Waals surface area contributed by atoms with Crippen LogP contribution in [0.1, 0.15) is 45.4 Å². The lowest BCUT2D eigenvalue weighted by Crippen LogP contribution is -2.40. The minimum atomic E-state index is 0. The molecule has 9 heteroatoms. The van der Waals surface area contributed by atoms with Gasteiger partial charge in [-0.1, -0.05) is 6.92 Å². The normalized spacial score (nSPS) is 17.4. The third kappa shape index (κ3) is 9.70. The van der Waals surface area contributed by atoms with Crippen molar-refractivity contribution in [2.24, 2.45) is 4.99 Å². The molecule has 2 rings (SSSR count). The molecule has 0 aliphatic carbocycles. The highest BCUT2D eigenvalue weighted by atomic mass is 127. The number of ether oxygens (including phenoxy) is 2. The van der Waals surface area contributed by atoms with E-state index in [1.807, 2.05) is 6.92 Å². The van der Waals surface area contributed by atoms with Crippen molar-refractivity contribution in [2.75, 3.05) is 39.5 Å². The molecule has 156 valence electrons. The van der Waals surface area contributed by atoms with Gasteiger partial charge in [-0.3, -0.25) is 4.99 Å². The summed E-state index contributed by atoms with van der Waals surface area (Å²) in [7, 11) is 0. The molecule has 27 heavy (non-hydrogen) atoms. The van der Waals surface area contributed by atoms with Crippen LogP contribution >= 0.6 is 24.0 Å². The van der Waals surface area contributed by atoms with E-state index in [2.05, 4.69) is 32.3 Å². The third-order valence-corrected chi connectivity index (χ3v) is 4.35. The monoisotopic (exact) mass is 494 g/mol. The van der Waals surface area contributed by atoms with E-state index in [4.69, 9.17) is 14.5 Å². The quantitative estimate of drug-likeness (QED) is 0.212. The van der Waals surface area contributed by atoms with Gasteiger partial charge in [0.1, 0.15) is 12.2 Å². The zero-order valence-electron chi connectivity index (χ0n) is 16.7. The van der Waals surface area contributed by atoms with Crippen molar-refractivity contribution < 1.29 is 9.47 Å². The minimum Gasteiger partial charge on any atom is -0.382 e. The molecule has 1 aliphatic heterocycles. The largest absolute Gasteiger partial charge is 0.382 e. The first kappa shape index (κ1) is 24.1. The van der Waals surface area contributed by atoms with E-state index in [0.717, 1.165) is 70.5 Å². The number of hydrogen-bond donors (Lipinski definition) is 2. The van der Waals surface area contributed by atoms with Gasteiger partial charge in [0, 0.05) is 45.9 Å². The van der Waals surface area contributed by atoms with Gasteiger partial charge in [-0.15, -0.1) is 34.2 Å². The van der Waals surface area contributed by atoms with Gasteiger partial charge in [0.15, 0.2) is 5.96 Å². The molecule has 1 atom stereocenters. The van der Waals surface area contributed by atoms with E-state index >= 15 is 0 Å². The Kier molecular flexibility index (Phi) is 13.4. The van der Waals surface area contributed by atoms with Crippen LogP contribution in [0.5, 0.6) is 0 Å². The molecule has 0 aromatic carbocycles. The molecule has 0 saturated carbocycles. The molecule has 1 fully saturated rings. The summed E-state index contributed by atoms with van der Waals surface area (Å²) in [6, 6.07) is 0. The molecule has 1 saturated heterocycles. The van der Waals surface area contributed by atoms with Crippen molar-refractivity contribution in [2.45, 2.75) is 58.6 Å². The summed E-state index contributed by atoms with van der Waals surface area (Å²) in [6.45, 7) is 9.62. The maximum Gasteiger partial charge on any atom is 0.191 e. The molecule has 2 heterocycles. The van der Waals surface area contributed by atoms with Crippen LogP contribution in [0.15, 0.2) is 11.3 Å². The molecule has 1 aliphatic rings. The Bertz CT molecular complexity index is 520. The number of halogens is 1. The first-order chi connectivity index (χ1) is 12.8. The van der Waals surface area contributed by atoms with Gasteiger partial charge in [-0.2, -0.15) is 0 Å². The van der Waals surface area contributed by atoms with Crippen molar-refractivity contribution in [1.29, 1.82) is 0 Å². The number of aromatic nitrogens is 3. The van der Waals surface area contributed by atoms with E-state index < -0.39 is 0 Å². The summed E-state index contributed by atoms with van der Waals surface area (Å²) in [5, 5.41) is 14.9. The second-order valence-corrected chi connectivity index (χ2v) is 6.38. The fourth-order valence-electron chi connectivity index (χ4n) is 2.88. The standard InChI is InChI=1S/C18H34N6O2.HI/c1-3-17-23-22-15-24(17)11-10-20-18(19-9-7-12-25-4-2)21-14-16-8-5-6-13-26-16;/h15-16H,3-14H2,1-2H3,(H2,19,20,21);1H. The third-order valence-electron chi connectivity index (χ3n) is 4.35. The Morgan fingerprint density at radius 2 is 2.19 bits per heavy atom. The van der Waals surface area contributed by atoms with E-state index in [1.165, 1.54) is 12.8 Å². The summed E-state index contributed by atoms with van der Waals surface area (Å²) in [4.78, 5) is 4.71. The van der Waals surface area contributed by atoms with E-state index in [-0.39, 0.29) is 30.1 Å². The highest BCUT2D eigenvalue weighted by Crippen LogP contribution is 2.12. The molecule has 0 bridgehead atoms. The molecule has 8 nitrogen and oxygen atoms in total. The van der Waals surface area contributed by atoms with Crippen LogP contribution in [0.3, 0.4) is 0 Å². The van der Waals surface area contributed by atoms with E-state index in [9.17, 15) is 0 Å². The van der Waals surface area contributed by atoms with Crippen LogP contribution in [0.4, 0.5) is 0 Å². The van der Waals surface area contributed by atoms with E-state index in [1.54, 1.807) is 6.33 Å². The van der Waals surface area contributed by atoms with Gasteiger partial charge in [0.25, 0.3) is 0 Å². The zero-order chi connectivity index (χ0) is 18.5. The molecular weight excluding hydrogens is 459 g/mol. The van der Waals surface area contributed by atoms with Crippen LogP contribution in [0, 0.1) is 0 Å². The van der Waals surface area contributed by atoms with Gasteiger partial charge in [-0.05, 0) is 32.6 Å². The number of nitrogens with one attached hydrogen (secondary N) is 2. The Morgan fingerprint density at radius 3 is 2.93 bits per heavy atom. The summed E-state index contributed by atoms with van der Waals surface area (Å²) >= 11 is 0. The average Bonchev–Trinajstić information content (AvgIpc) is 3.13. The first-order valence-corrected chi connectivity index (χ1v) is 9.91. The van der Waals surface area contributed by atoms with Crippen molar-refractivity contribution in [3.8, 4) is 0 Å². The van der Waals surface area contributed by atoms with Crippen LogP contribution in [0.2, 0.25) is 0 Å². The molecule has 0 amide bonds. The molecule has 1 aromatic heterocycles.